The molecule has 0 spiro atoms. The lowest BCUT2D eigenvalue weighted by Crippen LogP contribution is -2.43. The van der Waals surface area contributed by atoms with Gasteiger partial charge in [0, 0.05) is 18.2 Å². The van der Waals surface area contributed by atoms with E-state index in [1.54, 1.807) is 26.0 Å². The molecule has 106 valence electrons. The second-order valence-electron chi connectivity index (χ2n) is 4.55. The lowest BCUT2D eigenvalue weighted by atomic mass is 10.1. The van der Waals surface area contributed by atoms with Crippen molar-refractivity contribution in [1.82, 2.24) is 4.90 Å². The Hall–Kier alpha value is -1.56. The van der Waals surface area contributed by atoms with Crippen LogP contribution < -0.4 is 5.73 Å². The Kier molecular flexibility index (Phi) is 4.94. The number of rotatable bonds is 4. The molecule has 0 aliphatic rings. The molecule has 0 radical (unpaired) electrons. The molecule has 1 amide bonds. The van der Waals surface area contributed by atoms with Crippen LogP contribution in [0.2, 0.25) is 0 Å². The lowest BCUT2D eigenvalue weighted by molar-refractivity contribution is -0.143. The molecule has 2 N–H and O–H groups in total. The van der Waals surface area contributed by atoms with Crippen molar-refractivity contribution in [1.29, 1.82) is 0 Å². The van der Waals surface area contributed by atoms with Crippen LogP contribution in [-0.2, 0) is 6.54 Å². The Morgan fingerprint density at radius 3 is 2.47 bits per heavy atom. The van der Waals surface area contributed by atoms with E-state index in [0.29, 0.717) is 5.56 Å². The van der Waals surface area contributed by atoms with Crippen LogP contribution in [0.15, 0.2) is 24.3 Å². The maximum atomic E-state index is 12.5. The third-order valence-electron chi connectivity index (χ3n) is 2.64. The second kappa shape index (κ2) is 6.06. The Morgan fingerprint density at radius 2 is 2.00 bits per heavy atom. The topological polar surface area (TPSA) is 46.3 Å². The first-order valence-corrected chi connectivity index (χ1v) is 5.91. The van der Waals surface area contributed by atoms with Crippen molar-refractivity contribution in [2.75, 3.05) is 6.54 Å². The van der Waals surface area contributed by atoms with E-state index in [1.807, 2.05) is 0 Å². The first-order valence-electron chi connectivity index (χ1n) is 5.91. The third-order valence-corrected chi connectivity index (χ3v) is 2.64. The van der Waals surface area contributed by atoms with Crippen LogP contribution in [0.5, 0.6) is 0 Å². The van der Waals surface area contributed by atoms with Gasteiger partial charge >= 0.3 is 6.18 Å². The summed E-state index contributed by atoms with van der Waals surface area (Å²) in [7, 11) is 0. The van der Waals surface area contributed by atoms with Crippen molar-refractivity contribution < 1.29 is 18.0 Å². The standard InChI is InChI=1S/C13H17F3N2O/c1-9(2)18(8-13(14,15)16)12(19)11-5-3-4-10(6-11)7-17/h3-6,9H,7-8,17H2,1-2H3. The van der Waals surface area contributed by atoms with Crippen LogP contribution in [-0.4, -0.2) is 29.6 Å². The minimum Gasteiger partial charge on any atom is -0.327 e. The van der Waals surface area contributed by atoms with Gasteiger partial charge in [0.05, 0.1) is 0 Å². The monoisotopic (exact) mass is 274 g/mol. The molecule has 0 saturated heterocycles. The minimum atomic E-state index is -4.41. The Balaban J connectivity index is 2.99. The molecular formula is C13H17F3N2O. The zero-order valence-electron chi connectivity index (χ0n) is 10.9. The molecule has 1 aromatic rings. The first kappa shape index (κ1) is 15.5. The molecule has 0 unspecified atom stereocenters. The van der Waals surface area contributed by atoms with Crippen molar-refractivity contribution in [2.24, 2.45) is 5.73 Å². The van der Waals surface area contributed by atoms with Gasteiger partial charge in [-0.2, -0.15) is 13.2 Å². The molecule has 0 aromatic heterocycles. The molecule has 0 bridgehead atoms. The number of hydrogen-bond donors (Lipinski definition) is 1. The maximum absolute atomic E-state index is 12.5. The van der Waals surface area contributed by atoms with Crippen LogP contribution in [0, 0.1) is 0 Å². The molecule has 0 atom stereocenters. The van der Waals surface area contributed by atoms with E-state index in [9.17, 15) is 18.0 Å². The van der Waals surface area contributed by atoms with Crippen molar-refractivity contribution in [3.8, 4) is 0 Å². The number of amides is 1. The summed E-state index contributed by atoms with van der Waals surface area (Å²) in [6.07, 6.45) is -4.41. The lowest BCUT2D eigenvalue weighted by Gasteiger charge is -2.28. The van der Waals surface area contributed by atoms with Crippen molar-refractivity contribution in [3.05, 3.63) is 35.4 Å². The third kappa shape index (κ3) is 4.55. The van der Waals surface area contributed by atoms with Gasteiger partial charge in [0.15, 0.2) is 0 Å². The zero-order chi connectivity index (χ0) is 14.6. The molecule has 0 aliphatic carbocycles. The Bertz CT molecular complexity index is 444. The SMILES string of the molecule is CC(C)N(CC(F)(F)F)C(=O)c1cccc(CN)c1. The summed E-state index contributed by atoms with van der Waals surface area (Å²) in [5.41, 5.74) is 6.38. The number of carbonyl (C=O) groups excluding carboxylic acids is 1. The maximum Gasteiger partial charge on any atom is 0.406 e. The van der Waals surface area contributed by atoms with Crippen LogP contribution in [0.1, 0.15) is 29.8 Å². The van der Waals surface area contributed by atoms with Gasteiger partial charge in [0.1, 0.15) is 6.54 Å². The molecule has 0 heterocycles. The molecule has 6 heteroatoms. The summed E-state index contributed by atoms with van der Waals surface area (Å²) in [6.45, 7) is 2.09. The van der Waals surface area contributed by atoms with Gasteiger partial charge in [-0.15, -0.1) is 0 Å². The average molecular weight is 274 g/mol. The highest BCUT2D eigenvalue weighted by molar-refractivity contribution is 5.94. The molecule has 1 aromatic carbocycles. The summed E-state index contributed by atoms with van der Waals surface area (Å²) >= 11 is 0. The van der Waals surface area contributed by atoms with E-state index < -0.39 is 24.7 Å². The number of halogens is 3. The largest absolute Gasteiger partial charge is 0.406 e. The van der Waals surface area contributed by atoms with Gasteiger partial charge in [-0.05, 0) is 31.5 Å². The normalized spacial score (nSPS) is 11.7. The van der Waals surface area contributed by atoms with Gasteiger partial charge in [-0.3, -0.25) is 4.79 Å². The molecule has 0 aliphatic heterocycles. The highest BCUT2D eigenvalue weighted by Gasteiger charge is 2.34. The van der Waals surface area contributed by atoms with Crippen LogP contribution >= 0.6 is 0 Å². The van der Waals surface area contributed by atoms with Gasteiger partial charge < -0.3 is 10.6 Å². The highest BCUT2D eigenvalue weighted by atomic mass is 19.4. The van der Waals surface area contributed by atoms with Gasteiger partial charge in [0.2, 0.25) is 0 Å². The second-order valence-corrected chi connectivity index (χ2v) is 4.55. The van der Waals surface area contributed by atoms with E-state index in [2.05, 4.69) is 0 Å². The van der Waals surface area contributed by atoms with E-state index >= 15 is 0 Å². The fourth-order valence-electron chi connectivity index (χ4n) is 1.68. The zero-order valence-corrected chi connectivity index (χ0v) is 10.9. The quantitative estimate of drug-likeness (QED) is 0.917. The molecule has 0 fully saturated rings. The smallest absolute Gasteiger partial charge is 0.327 e. The minimum absolute atomic E-state index is 0.223. The summed E-state index contributed by atoms with van der Waals surface area (Å²) in [4.78, 5) is 12.9. The number of alkyl halides is 3. The number of nitrogens with two attached hydrogens (primary N) is 1. The Labute approximate surface area is 110 Å². The predicted molar refractivity (Wildman–Crippen MR) is 66.6 cm³/mol. The van der Waals surface area contributed by atoms with Crippen molar-refractivity contribution in [3.63, 3.8) is 0 Å². The van der Waals surface area contributed by atoms with Gasteiger partial charge in [0.25, 0.3) is 5.91 Å². The van der Waals surface area contributed by atoms with E-state index in [-0.39, 0.29) is 12.1 Å². The summed E-state index contributed by atoms with van der Waals surface area (Å²) in [6, 6.07) is 5.82. The average Bonchev–Trinajstić information content (AvgIpc) is 2.34. The molecule has 1 rings (SSSR count). The molecule has 19 heavy (non-hydrogen) atoms. The van der Waals surface area contributed by atoms with Crippen LogP contribution in [0.25, 0.3) is 0 Å². The summed E-state index contributed by atoms with van der Waals surface area (Å²) in [5.74, 6) is -0.636. The summed E-state index contributed by atoms with van der Waals surface area (Å²) < 4.78 is 37.4. The number of carbonyl (C=O) groups is 1. The number of benzene rings is 1. The Morgan fingerprint density at radius 1 is 1.37 bits per heavy atom. The fourth-order valence-corrected chi connectivity index (χ4v) is 1.68. The van der Waals surface area contributed by atoms with Gasteiger partial charge in [-0.1, -0.05) is 12.1 Å². The number of nitrogens with zero attached hydrogens (tertiary/aromatic N) is 1. The van der Waals surface area contributed by atoms with E-state index in [4.69, 9.17) is 5.73 Å². The number of hydrogen-bond acceptors (Lipinski definition) is 2. The molecule has 0 saturated carbocycles. The fraction of sp³-hybridized carbons (Fsp3) is 0.462. The van der Waals surface area contributed by atoms with Crippen molar-refractivity contribution in [2.45, 2.75) is 32.6 Å². The molecule has 3 nitrogen and oxygen atoms in total. The van der Waals surface area contributed by atoms with Crippen LogP contribution in [0.3, 0.4) is 0 Å². The van der Waals surface area contributed by atoms with Crippen LogP contribution in [0.4, 0.5) is 13.2 Å². The molecular weight excluding hydrogens is 257 g/mol. The van der Waals surface area contributed by atoms with E-state index in [1.165, 1.54) is 12.1 Å². The highest BCUT2D eigenvalue weighted by Crippen LogP contribution is 2.20. The van der Waals surface area contributed by atoms with Crippen molar-refractivity contribution >= 4 is 5.91 Å². The first-order chi connectivity index (χ1) is 8.74. The van der Waals surface area contributed by atoms with Gasteiger partial charge in [-0.25, -0.2) is 0 Å². The predicted octanol–water partition coefficient (Wildman–Crippen LogP) is 2.56. The van der Waals surface area contributed by atoms with E-state index in [0.717, 1.165) is 4.90 Å². The summed E-state index contributed by atoms with van der Waals surface area (Å²) in [5, 5.41) is 0.